The number of nitrogens with one attached hydrogen (secondary N) is 1. The molecule has 2 aromatic carbocycles. The highest BCUT2D eigenvalue weighted by Crippen LogP contribution is 2.27. The average Bonchev–Trinajstić information content (AvgIpc) is 3.18. The second-order valence-corrected chi connectivity index (χ2v) is 6.58. The largest absolute Gasteiger partial charge is 0.346 e. The Bertz CT molecular complexity index is 754. The Labute approximate surface area is 160 Å². The maximum atomic E-state index is 12.8. The smallest absolute Gasteiger partial charge is 0.242 e. The maximum absolute atomic E-state index is 12.8. The summed E-state index contributed by atoms with van der Waals surface area (Å²) in [5, 5.41) is 4.95. The van der Waals surface area contributed by atoms with Gasteiger partial charge in [-0.25, -0.2) is 0 Å². The van der Waals surface area contributed by atoms with E-state index in [1.54, 1.807) is 0 Å². The summed E-state index contributed by atoms with van der Waals surface area (Å²) in [5.41, 5.74) is 6.45. The molecule has 0 saturated heterocycles. The number of fused-ring (bicyclic) bond motifs is 1. The van der Waals surface area contributed by atoms with Crippen LogP contribution in [0.2, 0.25) is 0 Å². The molecule has 0 spiro atoms. The maximum Gasteiger partial charge on any atom is 0.242 e. The molecule has 26 heavy (non-hydrogen) atoms. The minimum atomic E-state index is -0.301. The van der Waals surface area contributed by atoms with Crippen LogP contribution in [0.25, 0.3) is 10.8 Å². The summed E-state index contributed by atoms with van der Waals surface area (Å²) in [7, 11) is 0. The lowest BCUT2D eigenvalue weighted by molar-refractivity contribution is -0.135. The molecule has 0 aromatic heterocycles. The molecule has 1 aliphatic carbocycles. The molecule has 1 saturated carbocycles. The van der Waals surface area contributed by atoms with Gasteiger partial charge in [-0.05, 0) is 29.2 Å². The molecule has 1 aliphatic rings. The Kier molecular flexibility index (Phi) is 7.42. The van der Waals surface area contributed by atoms with E-state index in [1.165, 1.54) is 10.8 Å². The van der Waals surface area contributed by atoms with Crippen molar-refractivity contribution in [1.29, 1.82) is 0 Å². The summed E-state index contributed by atoms with van der Waals surface area (Å²) in [5.74, 6) is -0.341. The zero-order chi connectivity index (χ0) is 17.6. The van der Waals surface area contributed by atoms with Crippen molar-refractivity contribution in [2.45, 2.75) is 38.3 Å². The van der Waals surface area contributed by atoms with Crippen LogP contribution >= 0.6 is 12.4 Å². The van der Waals surface area contributed by atoms with Gasteiger partial charge in [-0.15, -0.1) is 12.4 Å². The molecule has 0 aliphatic heterocycles. The van der Waals surface area contributed by atoms with Crippen LogP contribution < -0.4 is 11.1 Å². The Morgan fingerprint density at radius 1 is 1.08 bits per heavy atom. The first-order valence-corrected chi connectivity index (χ1v) is 8.92. The topological polar surface area (TPSA) is 75.4 Å². The number of hydrogen-bond acceptors (Lipinski definition) is 3. The lowest BCUT2D eigenvalue weighted by Crippen LogP contribution is -2.45. The van der Waals surface area contributed by atoms with Gasteiger partial charge in [-0.3, -0.25) is 9.59 Å². The van der Waals surface area contributed by atoms with Gasteiger partial charge in [0.2, 0.25) is 11.8 Å². The number of hydrogen-bond donors (Lipinski definition) is 2. The quantitative estimate of drug-likeness (QED) is 0.814. The van der Waals surface area contributed by atoms with E-state index < -0.39 is 0 Å². The first-order chi connectivity index (χ1) is 12.2. The van der Waals surface area contributed by atoms with E-state index in [2.05, 4.69) is 29.6 Å². The molecular weight excluding hydrogens is 350 g/mol. The van der Waals surface area contributed by atoms with E-state index >= 15 is 0 Å². The lowest BCUT2D eigenvalue weighted by Gasteiger charge is -2.30. The SMILES string of the molecule is Cl.NCC(=O)NCC(=O)N(Cc1cccc2ccccc12)C1CCCC1. The summed E-state index contributed by atoms with van der Waals surface area (Å²) in [6, 6.07) is 14.7. The van der Waals surface area contributed by atoms with Crippen molar-refractivity contribution in [1.82, 2.24) is 10.2 Å². The average molecular weight is 376 g/mol. The number of amides is 2. The number of benzene rings is 2. The molecule has 2 amide bonds. The minimum Gasteiger partial charge on any atom is -0.346 e. The van der Waals surface area contributed by atoms with Gasteiger partial charge in [0.25, 0.3) is 0 Å². The summed E-state index contributed by atoms with van der Waals surface area (Å²) in [6.45, 7) is 0.487. The van der Waals surface area contributed by atoms with Crippen LogP contribution in [0.5, 0.6) is 0 Å². The van der Waals surface area contributed by atoms with Crippen LogP contribution in [0, 0.1) is 0 Å². The van der Waals surface area contributed by atoms with Crippen molar-refractivity contribution in [2.24, 2.45) is 5.73 Å². The van der Waals surface area contributed by atoms with Crippen molar-refractivity contribution < 1.29 is 9.59 Å². The highest BCUT2D eigenvalue weighted by molar-refractivity contribution is 5.88. The minimum absolute atomic E-state index is 0. The Hall–Kier alpha value is -2.11. The monoisotopic (exact) mass is 375 g/mol. The normalized spacial score (nSPS) is 14.0. The van der Waals surface area contributed by atoms with Crippen molar-refractivity contribution in [3.05, 3.63) is 48.0 Å². The van der Waals surface area contributed by atoms with E-state index in [-0.39, 0.29) is 43.4 Å². The second kappa shape index (κ2) is 9.55. The Morgan fingerprint density at radius 2 is 1.77 bits per heavy atom. The molecular formula is C20H26ClN3O2. The predicted molar refractivity (Wildman–Crippen MR) is 106 cm³/mol. The molecule has 0 radical (unpaired) electrons. The summed E-state index contributed by atoms with van der Waals surface area (Å²) in [6.07, 6.45) is 4.36. The van der Waals surface area contributed by atoms with Crippen molar-refractivity contribution in [3.63, 3.8) is 0 Å². The van der Waals surface area contributed by atoms with E-state index in [9.17, 15) is 9.59 Å². The van der Waals surface area contributed by atoms with Gasteiger partial charge >= 0.3 is 0 Å². The third-order valence-electron chi connectivity index (χ3n) is 4.93. The van der Waals surface area contributed by atoms with Gasteiger partial charge in [0.15, 0.2) is 0 Å². The fourth-order valence-electron chi connectivity index (χ4n) is 3.60. The fourth-order valence-corrected chi connectivity index (χ4v) is 3.60. The number of halogens is 1. The molecule has 0 bridgehead atoms. The number of carbonyl (C=O) groups excluding carboxylic acids is 2. The van der Waals surface area contributed by atoms with E-state index in [0.29, 0.717) is 6.54 Å². The van der Waals surface area contributed by atoms with Gasteiger partial charge < -0.3 is 16.0 Å². The number of nitrogens with two attached hydrogens (primary N) is 1. The zero-order valence-electron chi connectivity index (χ0n) is 14.8. The molecule has 0 atom stereocenters. The van der Waals surface area contributed by atoms with Crippen LogP contribution in [-0.4, -0.2) is 35.8 Å². The number of rotatable bonds is 6. The summed E-state index contributed by atoms with van der Waals surface area (Å²) >= 11 is 0. The number of nitrogens with zero attached hydrogens (tertiary/aromatic N) is 1. The molecule has 2 aromatic rings. The van der Waals surface area contributed by atoms with Crippen molar-refractivity contribution >= 4 is 35.0 Å². The molecule has 140 valence electrons. The molecule has 3 N–H and O–H groups in total. The second-order valence-electron chi connectivity index (χ2n) is 6.58. The van der Waals surface area contributed by atoms with Gasteiger partial charge in [-0.2, -0.15) is 0 Å². The lowest BCUT2D eigenvalue weighted by atomic mass is 10.0. The van der Waals surface area contributed by atoms with Gasteiger partial charge in [0.1, 0.15) is 0 Å². The van der Waals surface area contributed by atoms with E-state index in [0.717, 1.165) is 31.2 Å². The molecule has 1 fully saturated rings. The van der Waals surface area contributed by atoms with E-state index in [4.69, 9.17) is 5.73 Å². The van der Waals surface area contributed by atoms with Gasteiger partial charge in [0.05, 0.1) is 13.1 Å². The van der Waals surface area contributed by atoms with E-state index in [1.807, 2.05) is 23.1 Å². The predicted octanol–water partition coefficient (Wildman–Crippen LogP) is 2.61. The zero-order valence-corrected chi connectivity index (χ0v) is 15.6. The van der Waals surface area contributed by atoms with Crippen LogP contribution in [0.15, 0.2) is 42.5 Å². The summed E-state index contributed by atoms with van der Waals surface area (Å²) in [4.78, 5) is 26.1. The molecule has 0 unspecified atom stereocenters. The first-order valence-electron chi connectivity index (χ1n) is 8.92. The third kappa shape index (κ3) is 4.74. The number of carbonyl (C=O) groups is 2. The fraction of sp³-hybridized carbons (Fsp3) is 0.400. The molecule has 6 heteroatoms. The van der Waals surface area contributed by atoms with Crippen LogP contribution in [-0.2, 0) is 16.1 Å². The Morgan fingerprint density at radius 3 is 2.50 bits per heavy atom. The van der Waals surface area contributed by atoms with Crippen LogP contribution in [0.3, 0.4) is 0 Å². The Balaban J connectivity index is 0.00000243. The molecule has 5 nitrogen and oxygen atoms in total. The van der Waals surface area contributed by atoms with Gasteiger partial charge in [-0.1, -0.05) is 55.3 Å². The van der Waals surface area contributed by atoms with Crippen LogP contribution in [0.4, 0.5) is 0 Å². The molecule has 0 heterocycles. The standard InChI is InChI=1S/C20H25N3O2.ClH/c21-12-19(24)22-13-20(25)23(17-9-2-3-10-17)14-16-8-5-7-15-6-1-4-11-18(15)16;/h1,4-8,11,17H,2-3,9-10,12-14,21H2,(H,22,24);1H. The van der Waals surface area contributed by atoms with Gasteiger partial charge in [0, 0.05) is 12.6 Å². The highest BCUT2D eigenvalue weighted by atomic mass is 35.5. The first kappa shape index (κ1) is 20.2. The highest BCUT2D eigenvalue weighted by Gasteiger charge is 2.27. The van der Waals surface area contributed by atoms with Crippen molar-refractivity contribution in [3.8, 4) is 0 Å². The van der Waals surface area contributed by atoms with Crippen molar-refractivity contribution in [2.75, 3.05) is 13.1 Å². The third-order valence-corrected chi connectivity index (χ3v) is 4.93. The van der Waals surface area contributed by atoms with Crippen LogP contribution in [0.1, 0.15) is 31.2 Å². The summed E-state index contributed by atoms with van der Waals surface area (Å²) < 4.78 is 0. The molecule has 3 rings (SSSR count).